The molecule has 0 saturated carbocycles. The summed E-state index contributed by atoms with van der Waals surface area (Å²) < 4.78 is 15.8. The van der Waals surface area contributed by atoms with Gasteiger partial charge in [-0.25, -0.2) is 4.79 Å². The molecule has 124 valence electrons. The summed E-state index contributed by atoms with van der Waals surface area (Å²) >= 11 is 6.07. The number of esters is 1. The molecular formula is C17H14ClNO5. The maximum absolute atomic E-state index is 12.4. The highest BCUT2D eigenvalue weighted by atomic mass is 35.5. The molecule has 1 N–H and O–H groups in total. The molecule has 1 atom stereocenters. The number of hydrogen-bond donors (Lipinski definition) is 1. The van der Waals surface area contributed by atoms with Crippen LogP contribution in [0.1, 0.15) is 10.4 Å². The average molecular weight is 348 g/mol. The van der Waals surface area contributed by atoms with Crippen LogP contribution in [0.2, 0.25) is 5.02 Å². The number of anilines is 1. The van der Waals surface area contributed by atoms with Crippen LogP contribution in [0.25, 0.3) is 0 Å². The molecule has 1 aliphatic rings. The molecule has 0 aromatic heterocycles. The fourth-order valence-electron chi connectivity index (χ4n) is 2.23. The second kappa shape index (κ2) is 6.80. The minimum atomic E-state index is -0.822. The number of nitrogens with one attached hydrogen (secondary N) is 1. The third kappa shape index (κ3) is 3.28. The van der Waals surface area contributed by atoms with E-state index < -0.39 is 18.0 Å². The summed E-state index contributed by atoms with van der Waals surface area (Å²) in [6.07, 6.45) is -0.822. The second-order valence-electron chi connectivity index (χ2n) is 5.04. The number of fused-ring (bicyclic) bond motifs is 1. The van der Waals surface area contributed by atoms with Crippen molar-refractivity contribution in [3.63, 3.8) is 0 Å². The number of ether oxygens (including phenoxy) is 3. The van der Waals surface area contributed by atoms with Crippen molar-refractivity contribution in [1.82, 2.24) is 0 Å². The lowest BCUT2D eigenvalue weighted by atomic mass is 10.2. The van der Waals surface area contributed by atoms with Gasteiger partial charge < -0.3 is 19.5 Å². The first-order valence-corrected chi connectivity index (χ1v) is 7.53. The van der Waals surface area contributed by atoms with Crippen molar-refractivity contribution in [2.45, 2.75) is 6.10 Å². The SMILES string of the molecule is COC(=O)c1ccc(Cl)c(NC(=O)[C@@H]2COc3ccccc3O2)c1. The monoisotopic (exact) mass is 347 g/mol. The van der Waals surface area contributed by atoms with Gasteiger partial charge in [0, 0.05) is 0 Å². The summed E-state index contributed by atoms with van der Waals surface area (Å²) in [6, 6.07) is 11.6. The summed E-state index contributed by atoms with van der Waals surface area (Å²) in [5.74, 6) is 0.146. The number of carbonyl (C=O) groups is 2. The van der Waals surface area contributed by atoms with E-state index in [0.717, 1.165) is 0 Å². The smallest absolute Gasteiger partial charge is 0.337 e. The molecule has 7 heteroatoms. The van der Waals surface area contributed by atoms with Crippen LogP contribution in [0.15, 0.2) is 42.5 Å². The Hall–Kier alpha value is -2.73. The number of para-hydroxylation sites is 2. The summed E-state index contributed by atoms with van der Waals surface area (Å²) in [6.45, 7) is 0.0805. The van der Waals surface area contributed by atoms with E-state index in [1.807, 2.05) is 6.07 Å². The molecule has 0 fully saturated rings. The van der Waals surface area contributed by atoms with Gasteiger partial charge in [-0.1, -0.05) is 23.7 Å². The first kappa shape index (κ1) is 16.1. The highest BCUT2D eigenvalue weighted by molar-refractivity contribution is 6.34. The number of carbonyl (C=O) groups excluding carboxylic acids is 2. The molecular weight excluding hydrogens is 334 g/mol. The van der Waals surface area contributed by atoms with E-state index in [-0.39, 0.29) is 12.2 Å². The molecule has 6 nitrogen and oxygen atoms in total. The summed E-state index contributed by atoms with van der Waals surface area (Å²) in [5, 5.41) is 2.95. The lowest BCUT2D eigenvalue weighted by Gasteiger charge is -2.25. The number of benzene rings is 2. The fraction of sp³-hybridized carbons (Fsp3) is 0.176. The second-order valence-corrected chi connectivity index (χ2v) is 5.45. The summed E-state index contributed by atoms with van der Waals surface area (Å²) in [7, 11) is 1.28. The van der Waals surface area contributed by atoms with Crippen molar-refractivity contribution in [2.24, 2.45) is 0 Å². The Labute approximate surface area is 143 Å². The molecule has 1 heterocycles. The van der Waals surface area contributed by atoms with E-state index in [2.05, 4.69) is 10.1 Å². The Morgan fingerprint density at radius 1 is 1.21 bits per heavy atom. The zero-order valence-electron chi connectivity index (χ0n) is 12.7. The van der Waals surface area contributed by atoms with Gasteiger partial charge in [0.25, 0.3) is 5.91 Å². The van der Waals surface area contributed by atoms with E-state index in [4.69, 9.17) is 21.1 Å². The molecule has 0 saturated heterocycles. The molecule has 2 aromatic carbocycles. The third-order valence-corrected chi connectivity index (χ3v) is 3.78. The number of hydrogen-bond acceptors (Lipinski definition) is 5. The van der Waals surface area contributed by atoms with Gasteiger partial charge in [0.15, 0.2) is 11.5 Å². The topological polar surface area (TPSA) is 73.9 Å². The molecule has 1 amide bonds. The van der Waals surface area contributed by atoms with Crippen LogP contribution >= 0.6 is 11.6 Å². The van der Waals surface area contributed by atoms with Gasteiger partial charge >= 0.3 is 5.97 Å². The standard InChI is InChI=1S/C17H14ClNO5/c1-22-17(21)10-6-7-11(18)12(8-10)19-16(20)15-9-23-13-4-2-3-5-14(13)24-15/h2-8,15H,9H2,1H3,(H,19,20)/t15-/m0/s1. The quantitative estimate of drug-likeness (QED) is 0.864. The highest BCUT2D eigenvalue weighted by Gasteiger charge is 2.27. The van der Waals surface area contributed by atoms with Crippen molar-refractivity contribution in [1.29, 1.82) is 0 Å². The fourth-order valence-corrected chi connectivity index (χ4v) is 2.39. The Balaban J connectivity index is 1.75. The Morgan fingerprint density at radius 2 is 1.96 bits per heavy atom. The number of halogens is 1. The van der Waals surface area contributed by atoms with Gasteiger partial charge in [-0.2, -0.15) is 0 Å². The Bertz CT molecular complexity index is 792. The minimum absolute atomic E-state index is 0.0805. The minimum Gasteiger partial charge on any atom is -0.485 e. The van der Waals surface area contributed by atoms with E-state index in [0.29, 0.717) is 22.2 Å². The first-order chi connectivity index (χ1) is 11.6. The van der Waals surface area contributed by atoms with Gasteiger partial charge in [0.05, 0.1) is 23.4 Å². The largest absolute Gasteiger partial charge is 0.485 e. The first-order valence-electron chi connectivity index (χ1n) is 7.15. The maximum atomic E-state index is 12.4. The zero-order valence-corrected chi connectivity index (χ0v) is 13.5. The highest BCUT2D eigenvalue weighted by Crippen LogP contribution is 2.31. The lowest BCUT2D eigenvalue weighted by Crippen LogP contribution is -2.40. The predicted molar refractivity (Wildman–Crippen MR) is 87.8 cm³/mol. The van der Waals surface area contributed by atoms with Crippen LogP contribution in [-0.2, 0) is 9.53 Å². The van der Waals surface area contributed by atoms with Crippen molar-refractivity contribution in [3.05, 3.63) is 53.1 Å². The van der Waals surface area contributed by atoms with Crippen molar-refractivity contribution < 1.29 is 23.8 Å². The summed E-state index contributed by atoms with van der Waals surface area (Å²) in [4.78, 5) is 24.0. The van der Waals surface area contributed by atoms with Crippen LogP contribution in [0.5, 0.6) is 11.5 Å². The number of rotatable bonds is 3. The number of methoxy groups -OCH3 is 1. The average Bonchev–Trinajstić information content (AvgIpc) is 2.62. The summed E-state index contributed by atoms with van der Waals surface area (Å²) in [5.41, 5.74) is 0.579. The zero-order chi connectivity index (χ0) is 17.1. The van der Waals surface area contributed by atoms with Crippen LogP contribution < -0.4 is 14.8 Å². The van der Waals surface area contributed by atoms with Crippen LogP contribution in [0.3, 0.4) is 0 Å². The van der Waals surface area contributed by atoms with E-state index in [1.165, 1.54) is 25.3 Å². The molecule has 3 rings (SSSR count). The van der Waals surface area contributed by atoms with Gasteiger partial charge in [-0.15, -0.1) is 0 Å². The number of amides is 1. The molecule has 0 unspecified atom stereocenters. The van der Waals surface area contributed by atoms with Gasteiger partial charge in [0.2, 0.25) is 6.10 Å². The molecule has 0 aliphatic carbocycles. The van der Waals surface area contributed by atoms with Gasteiger partial charge in [0.1, 0.15) is 6.61 Å². The van der Waals surface area contributed by atoms with Crippen LogP contribution in [-0.4, -0.2) is 31.7 Å². The van der Waals surface area contributed by atoms with Crippen LogP contribution in [0, 0.1) is 0 Å². The Morgan fingerprint density at radius 3 is 2.71 bits per heavy atom. The predicted octanol–water partition coefficient (Wildman–Crippen LogP) is 2.91. The van der Waals surface area contributed by atoms with E-state index >= 15 is 0 Å². The Kier molecular flexibility index (Phi) is 4.57. The normalized spacial score (nSPS) is 15.5. The van der Waals surface area contributed by atoms with Crippen molar-refractivity contribution in [2.75, 3.05) is 19.0 Å². The maximum Gasteiger partial charge on any atom is 0.337 e. The van der Waals surface area contributed by atoms with Gasteiger partial charge in [-0.3, -0.25) is 4.79 Å². The van der Waals surface area contributed by atoms with E-state index in [9.17, 15) is 9.59 Å². The molecule has 0 radical (unpaired) electrons. The van der Waals surface area contributed by atoms with Crippen molar-refractivity contribution in [3.8, 4) is 11.5 Å². The molecule has 2 aromatic rings. The van der Waals surface area contributed by atoms with Gasteiger partial charge in [-0.05, 0) is 30.3 Å². The lowest BCUT2D eigenvalue weighted by molar-refractivity contribution is -0.125. The van der Waals surface area contributed by atoms with E-state index in [1.54, 1.807) is 18.2 Å². The third-order valence-electron chi connectivity index (χ3n) is 3.45. The molecule has 0 spiro atoms. The molecule has 24 heavy (non-hydrogen) atoms. The molecule has 1 aliphatic heterocycles. The van der Waals surface area contributed by atoms with Crippen LogP contribution in [0.4, 0.5) is 5.69 Å². The van der Waals surface area contributed by atoms with Crippen molar-refractivity contribution >= 4 is 29.2 Å². The molecule has 0 bridgehead atoms.